The average Bonchev–Trinajstić information content (AvgIpc) is 2.97. The Hall–Kier alpha value is -2.52. The molecule has 0 bridgehead atoms. The fourth-order valence-corrected chi connectivity index (χ4v) is 3.15. The predicted octanol–water partition coefficient (Wildman–Crippen LogP) is 4.87. The predicted molar refractivity (Wildman–Crippen MR) is 105 cm³/mol. The molecule has 27 heavy (non-hydrogen) atoms. The molecule has 5 nitrogen and oxygen atoms in total. The highest BCUT2D eigenvalue weighted by atomic mass is 32.2. The first kappa shape index (κ1) is 19.2. The molecule has 0 aliphatic rings. The van der Waals surface area contributed by atoms with E-state index in [-0.39, 0.29) is 12.5 Å². The number of thioether (sulfide) groups is 1. The van der Waals surface area contributed by atoms with Crippen LogP contribution in [-0.2, 0) is 11.3 Å². The standard InChI is InChI=1S/C18H16F2N4OS2/c1-11-2-4-12(5-3-11)16-22-23-18(26)24(16)10-15(25)21-13-6-8-14(9-7-13)27-17(19)20/h2-9,17H,10H2,1H3,(H,21,25)(H,23,26). The molecule has 1 amide bonds. The minimum absolute atomic E-state index is 0.0217. The van der Waals surface area contributed by atoms with E-state index in [0.29, 0.717) is 32.9 Å². The number of hydrogen-bond donors (Lipinski definition) is 2. The topological polar surface area (TPSA) is 62.7 Å². The van der Waals surface area contributed by atoms with Crippen LogP contribution in [0.2, 0.25) is 0 Å². The van der Waals surface area contributed by atoms with E-state index in [1.54, 1.807) is 16.7 Å². The summed E-state index contributed by atoms with van der Waals surface area (Å²) >= 11 is 5.69. The number of H-pyrrole nitrogens is 1. The lowest BCUT2D eigenvalue weighted by Crippen LogP contribution is -2.19. The van der Waals surface area contributed by atoms with E-state index in [0.717, 1.165) is 11.1 Å². The summed E-state index contributed by atoms with van der Waals surface area (Å²) in [6.45, 7) is 1.96. The SMILES string of the molecule is Cc1ccc(-c2n[nH]c(=S)n2CC(=O)Nc2ccc(SC(F)F)cc2)cc1. The van der Waals surface area contributed by atoms with Crippen LogP contribution in [0.3, 0.4) is 0 Å². The minimum atomic E-state index is -2.48. The number of carbonyl (C=O) groups excluding carboxylic acids is 1. The number of anilines is 1. The van der Waals surface area contributed by atoms with Crippen molar-refractivity contribution in [1.82, 2.24) is 14.8 Å². The maximum atomic E-state index is 12.4. The molecule has 1 aromatic heterocycles. The van der Waals surface area contributed by atoms with E-state index < -0.39 is 5.76 Å². The summed E-state index contributed by atoms with van der Waals surface area (Å²) in [6.07, 6.45) is 0. The van der Waals surface area contributed by atoms with E-state index >= 15 is 0 Å². The number of aromatic amines is 1. The van der Waals surface area contributed by atoms with Crippen LogP contribution in [0.1, 0.15) is 5.56 Å². The van der Waals surface area contributed by atoms with Crippen LogP contribution in [0.25, 0.3) is 11.4 Å². The summed E-state index contributed by atoms with van der Waals surface area (Å²) in [6, 6.07) is 14.0. The third-order valence-electron chi connectivity index (χ3n) is 3.73. The van der Waals surface area contributed by atoms with Gasteiger partial charge in [0.25, 0.3) is 5.76 Å². The molecule has 0 fully saturated rings. The van der Waals surface area contributed by atoms with E-state index in [4.69, 9.17) is 12.2 Å². The molecule has 0 unspecified atom stereocenters. The largest absolute Gasteiger partial charge is 0.325 e. The number of hydrogen-bond acceptors (Lipinski definition) is 4. The second-order valence-electron chi connectivity index (χ2n) is 5.76. The lowest BCUT2D eigenvalue weighted by atomic mass is 10.1. The molecule has 0 aliphatic carbocycles. The number of aryl methyl sites for hydroxylation is 1. The minimum Gasteiger partial charge on any atom is -0.325 e. The van der Waals surface area contributed by atoms with Crippen molar-refractivity contribution >= 4 is 35.6 Å². The molecule has 0 saturated carbocycles. The number of nitrogens with zero attached hydrogens (tertiary/aromatic N) is 2. The Morgan fingerprint density at radius 3 is 2.52 bits per heavy atom. The van der Waals surface area contributed by atoms with Gasteiger partial charge in [-0.05, 0) is 43.4 Å². The first-order valence-corrected chi connectivity index (χ1v) is 9.28. The molecule has 3 aromatic rings. The summed E-state index contributed by atoms with van der Waals surface area (Å²) in [7, 11) is 0. The van der Waals surface area contributed by atoms with Gasteiger partial charge in [0.1, 0.15) is 6.54 Å². The van der Waals surface area contributed by atoms with Gasteiger partial charge in [0, 0.05) is 16.1 Å². The molecule has 3 rings (SSSR count). The van der Waals surface area contributed by atoms with Gasteiger partial charge in [-0.1, -0.05) is 41.6 Å². The van der Waals surface area contributed by atoms with Gasteiger partial charge in [-0.25, -0.2) is 0 Å². The lowest BCUT2D eigenvalue weighted by Gasteiger charge is -2.09. The number of nitrogens with one attached hydrogen (secondary N) is 2. The molecule has 2 N–H and O–H groups in total. The van der Waals surface area contributed by atoms with Crippen molar-refractivity contribution in [2.45, 2.75) is 24.1 Å². The number of carbonyl (C=O) groups is 1. The van der Waals surface area contributed by atoms with Crippen molar-refractivity contribution in [3.8, 4) is 11.4 Å². The van der Waals surface area contributed by atoms with Gasteiger partial charge in [0.2, 0.25) is 5.91 Å². The number of aromatic nitrogens is 3. The Balaban J connectivity index is 1.72. The van der Waals surface area contributed by atoms with Crippen molar-refractivity contribution in [1.29, 1.82) is 0 Å². The van der Waals surface area contributed by atoms with Crippen LogP contribution >= 0.6 is 24.0 Å². The Morgan fingerprint density at radius 1 is 1.22 bits per heavy atom. The van der Waals surface area contributed by atoms with Crippen LogP contribution in [0.5, 0.6) is 0 Å². The van der Waals surface area contributed by atoms with Crippen LogP contribution in [0, 0.1) is 11.7 Å². The van der Waals surface area contributed by atoms with Crippen LogP contribution in [0.4, 0.5) is 14.5 Å². The Kier molecular flexibility index (Phi) is 6.02. The third kappa shape index (κ3) is 5.01. The molecular weight excluding hydrogens is 390 g/mol. The van der Waals surface area contributed by atoms with Crippen molar-refractivity contribution < 1.29 is 13.6 Å². The Morgan fingerprint density at radius 2 is 1.89 bits per heavy atom. The summed E-state index contributed by atoms with van der Waals surface area (Å²) in [5.74, 6) is -2.21. The van der Waals surface area contributed by atoms with Gasteiger partial charge in [0.15, 0.2) is 10.6 Å². The highest BCUT2D eigenvalue weighted by molar-refractivity contribution is 7.99. The zero-order valence-electron chi connectivity index (χ0n) is 14.3. The highest BCUT2D eigenvalue weighted by Gasteiger charge is 2.13. The first-order valence-electron chi connectivity index (χ1n) is 7.99. The quantitative estimate of drug-likeness (QED) is 0.453. The van der Waals surface area contributed by atoms with Gasteiger partial charge < -0.3 is 5.32 Å². The maximum absolute atomic E-state index is 12.4. The molecule has 0 radical (unpaired) electrons. The van der Waals surface area contributed by atoms with Crippen molar-refractivity contribution in [2.75, 3.05) is 5.32 Å². The molecule has 0 aliphatic heterocycles. The summed E-state index contributed by atoms with van der Waals surface area (Å²) < 4.78 is 26.6. The molecule has 0 saturated heterocycles. The molecule has 2 aromatic carbocycles. The van der Waals surface area contributed by atoms with E-state index in [9.17, 15) is 13.6 Å². The van der Waals surface area contributed by atoms with E-state index in [1.807, 2.05) is 31.2 Å². The van der Waals surface area contributed by atoms with Crippen LogP contribution in [0.15, 0.2) is 53.4 Å². The van der Waals surface area contributed by atoms with Gasteiger partial charge in [-0.15, -0.1) is 0 Å². The number of halogens is 2. The Labute approximate surface area is 163 Å². The van der Waals surface area contributed by atoms with Crippen LogP contribution < -0.4 is 5.32 Å². The molecule has 140 valence electrons. The number of benzene rings is 2. The fraction of sp³-hybridized carbons (Fsp3) is 0.167. The van der Waals surface area contributed by atoms with Crippen molar-refractivity contribution in [3.63, 3.8) is 0 Å². The van der Waals surface area contributed by atoms with E-state index in [2.05, 4.69) is 15.5 Å². The van der Waals surface area contributed by atoms with Crippen molar-refractivity contribution in [3.05, 3.63) is 58.9 Å². The zero-order chi connectivity index (χ0) is 19.4. The molecule has 1 heterocycles. The monoisotopic (exact) mass is 406 g/mol. The number of rotatable bonds is 6. The lowest BCUT2D eigenvalue weighted by molar-refractivity contribution is -0.116. The van der Waals surface area contributed by atoms with Gasteiger partial charge in [-0.2, -0.15) is 13.9 Å². The van der Waals surface area contributed by atoms with Gasteiger partial charge in [0.05, 0.1) is 0 Å². The molecule has 0 atom stereocenters. The summed E-state index contributed by atoms with van der Waals surface area (Å²) in [5.41, 5.74) is 2.48. The average molecular weight is 406 g/mol. The second-order valence-corrected chi connectivity index (χ2v) is 7.21. The van der Waals surface area contributed by atoms with Gasteiger partial charge >= 0.3 is 0 Å². The van der Waals surface area contributed by atoms with Crippen molar-refractivity contribution in [2.24, 2.45) is 0 Å². The molecular formula is C18H16F2N4OS2. The first-order chi connectivity index (χ1) is 12.9. The molecule has 0 spiro atoms. The fourth-order valence-electron chi connectivity index (χ4n) is 2.45. The second kappa shape index (κ2) is 8.45. The summed E-state index contributed by atoms with van der Waals surface area (Å²) in [4.78, 5) is 12.8. The highest BCUT2D eigenvalue weighted by Crippen LogP contribution is 2.26. The Bertz CT molecular complexity index is 982. The van der Waals surface area contributed by atoms with Crippen LogP contribution in [-0.4, -0.2) is 26.4 Å². The van der Waals surface area contributed by atoms with Gasteiger partial charge in [-0.3, -0.25) is 14.5 Å². The third-order valence-corrected chi connectivity index (χ3v) is 4.77. The molecule has 9 heteroatoms. The zero-order valence-corrected chi connectivity index (χ0v) is 15.9. The van der Waals surface area contributed by atoms with E-state index in [1.165, 1.54) is 12.1 Å². The maximum Gasteiger partial charge on any atom is 0.288 e. The normalized spacial score (nSPS) is 11.0. The number of amides is 1. The summed E-state index contributed by atoms with van der Waals surface area (Å²) in [5, 5.41) is 9.65. The smallest absolute Gasteiger partial charge is 0.288 e. The number of alkyl halides is 2.